The van der Waals surface area contributed by atoms with E-state index in [-0.39, 0.29) is 18.2 Å². The summed E-state index contributed by atoms with van der Waals surface area (Å²) in [5, 5.41) is 4.10. The normalized spacial score (nSPS) is 16.7. The molecule has 1 saturated heterocycles. The van der Waals surface area contributed by atoms with Gasteiger partial charge in [0, 0.05) is 15.3 Å². The number of hydrogen-bond donors (Lipinski definition) is 1. The maximum absolute atomic E-state index is 13.0. The first-order valence-corrected chi connectivity index (χ1v) is 11.0. The van der Waals surface area contributed by atoms with E-state index in [0.717, 1.165) is 22.1 Å². The molecule has 4 rings (SSSR count). The molecule has 0 radical (unpaired) electrons. The first-order chi connectivity index (χ1) is 14.4. The van der Waals surface area contributed by atoms with Gasteiger partial charge in [-0.25, -0.2) is 0 Å². The van der Waals surface area contributed by atoms with E-state index in [1.807, 2.05) is 36.1 Å². The van der Waals surface area contributed by atoms with Gasteiger partial charge in [0.05, 0.1) is 17.5 Å². The second-order valence-corrected chi connectivity index (χ2v) is 8.92. The molecule has 154 valence electrons. The molecular weight excluding hydrogens is 420 g/mol. The standard InChI is InChI=1S/C23H21ClN2O3S/c1-14-17-12-16(24)9-10-20(17)30-21(14)19(27)13-26-11-5-8-18(26)23(29)25-22(28)15-6-3-2-4-7-15/h2-4,6-7,9-10,12,18H,5,8,11,13H2,1H3,(H,25,28,29)/t18-/m0/s1. The van der Waals surface area contributed by atoms with E-state index in [2.05, 4.69) is 5.32 Å². The minimum absolute atomic E-state index is 0.0149. The van der Waals surface area contributed by atoms with Gasteiger partial charge in [-0.05, 0) is 67.6 Å². The zero-order valence-electron chi connectivity index (χ0n) is 16.5. The maximum Gasteiger partial charge on any atom is 0.257 e. The molecule has 30 heavy (non-hydrogen) atoms. The van der Waals surface area contributed by atoms with Crippen molar-refractivity contribution in [3.63, 3.8) is 0 Å². The third kappa shape index (κ3) is 4.17. The smallest absolute Gasteiger partial charge is 0.257 e. The van der Waals surface area contributed by atoms with Gasteiger partial charge in [-0.2, -0.15) is 0 Å². The highest BCUT2D eigenvalue weighted by molar-refractivity contribution is 7.21. The van der Waals surface area contributed by atoms with E-state index in [9.17, 15) is 14.4 Å². The lowest BCUT2D eigenvalue weighted by atomic mass is 10.1. The highest BCUT2D eigenvalue weighted by Crippen LogP contribution is 2.33. The average molecular weight is 441 g/mol. The van der Waals surface area contributed by atoms with Crippen molar-refractivity contribution in [3.05, 3.63) is 69.6 Å². The first-order valence-electron chi connectivity index (χ1n) is 9.80. The van der Waals surface area contributed by atoms with Gasteiger partial charge < -0.3 is 0 Å². The monoisotopic (exact) mass is 440 g/mol. The minimum atomic E-state index is -0.481. The van der Waals surface area contributed by atoms with Crippen molar-refractivity contribution >= 4 is 50.6 Å². The number of rotatable bonds is 5. The van der Waals surface area contributed by atoms with Crippen molar-refractivity contribution < 1.29 is 14.4 Å². The number of fused-ring (bicyclic) bond motifs is 1. The molecule has 2 heterocycles. The molecule has 1 fully saturated rings. The second kappa shape index (κ2) is 8.68. The predicted molar refractivity (Wildman–Crippen MR) is 119 cm³/mol. The Hall–Kier alpha value is -2.54. The number of thiophene rings is 1. The lowest BCUT2D eigenvalue weighted by molar-refractivity contribution is -0.124. The second-order valence-electron chi connectivity index (χ2n) is 7.43. The lowest BCUT2D eigenvalue weighted by Crippen LogP contribution is -2.46. The summed E-state index contributed by atoms with van der Waals surface area (Å²) in [6, 6.07) is 13.8. The van der Waals surface area contributed by atoms with E-state index in [0.29, 0.717) is 28.4 Å². The third-order valence-corrected chi connectivity index (χ3v) is 6.99. The van der Waals surface area contributed by atoms with Crippen molar-refractivity contribution in [3.8, 4) is 0 Å². The highest BCUT2D eigenvalue weighted by atomic mass is 35.5. The van der Waals surface area contributed by atoms with Crippen molar-refractivity contribution in [2.75, 3.05) is 13.1 Å². The molecule has 2 aromatic carbocycles. The molecule has 1 aromatic heterocycles. The van der Waals surface area contributed by atoms with Crippen molar-refractivity contribution in [2.24, 2.45) is 0 Å². The summed E-state index contributed by atoms with van der Waals surface area (Å²) in [4.78, 5) is 40.6. The van der Waals surface area contributed by atoms with Crippen LogP contribution in [-0.2, 0) is 4.79 Å². The van der Waals surface area contributed by atoms with Crippen LogP contribution in [0, 0.1) is 6.92 Å². The summed E-state index contributed by atoms with van der Waals surface area (Å²) in [5.41, 5.74) is 1.35. The Kier molecular flexibility index (Phi) is 5.99. The maximum atomic E-state index is 13.0. The van der Waals surface area contributed by atoms with Gasteiger partial charge in [0.2, 0.25) is 5.91 Å². The zero-order chi connectivity index (χ0) is 21.3. The molecular formula is C23H21ClN2O3S. The van der Waals surface area contributed by atoms with Crippen LogP contribution in [0.5, 0.6) is 0 Å². The van der Waals surface area contributed by atoms with Crippen LogP contribution in [0.3, 0.4) is 0 Å². The molecule has 0 aliphatic carbocycles. The fourth-order valence-corrected chi connectivity index (χ4v) is 5.18. The van der Waals surface area contributed by atoms with E-state index in [1.54, 1.807) is 24.3 Å². The number of carbonyl (C=O) groups excluding carboxylic acids is 3. The molecule has 0 bridgehead atoms. The van der Waals surface area contributed by atoms with Crippen LogP contribution >= 0.6 is 22.9 Å². The molecule has 1 aliphatic rings. The summed E-state index contributed by atoms with van der Waals surface area (Å²) < 4.78 is 1.02. The van der Waals surface area contributed by atoms with E-state index >= 15 is 0 Å². The van der Waals surface area contributed by atoms with Crippen LogP contribution < -0.4 is 5.32 Å². The number of amides is 2. The number of halogens is 1. The molecule has 0 unspecified atom stereocenters. The van der Waals surface area contributed by atoms with E-state index in [1.165, 1.54) is 11.3 Å². The number of Topliss-reactive ketones (excluding diaryl/α,β-unsaturated/α-hetero) is 1. The van der Waals surface area contributed by atoms with E-state index in [4.69, 9.17) is 11.6 Å². The number of nitrogens with zero attached hydrogens (tertiary/aromatic N) is 1. The minimum Gasteiger partial charge on any atom is -0.292 e. The van der Waals surface area contributed by atoms with Crippen LogP contribution in [0.15, 0.2) is 48.5 Å². The molecule has 3 aromatic rings. The molecule has 0 spiro atoms. The number of nitrogens with one attached hydrogen (secondary N) is 1. The summed E-state index contributed by atoms with van der Waals surface area (Å²) in [5.74, 6) is -0.788. The van der Waals surface area contributed by atoms with Crippen LogP contribution in [0.4, 0.5) is 0 Å². The molecule has 0 saturated carbocycles. The summed E-state index contributed by atoms with van der Waals surface area (Å²) >= 11 is 7.55. The lowest BCUT2D eigenvalue weighted by Gasteiger charge is -2.22. The molecule has 1 aliphatic heterocycles. The molecule has 5 nitrogen and oxygen atoms in total. The molecule has 2 amide bonds. The Morgan fingerprint density at radius 1 is 1.17 bits per heavy atom. The Balaban J connectivity index is 1.46. The summed E-state index contributed by atoms with van der Waals surface area (Å²) in [7, 11) is 0. The SMILES string of the molecule is Cc1c(C(=O)CN2CCC[C@H]2C(=O)NC(=O)c2ccccc2)sc2ccc(Cl)cc12. The molecule has 7 heteroatoms. The average Bonchev–Trinajstić information content (AvgIpc) is 3.33. The number of hydrogen-bond acceptors (Lipinski definition) is 5. The van der Waals surface area contributed by atoms with Gasteiger partial charge in [0.1, 0.15) is 0 Å². The quantitative estimate of drug-likeness (QED) is 0.469. The van der Waals surface area contributed by atoms with Crippen molar-refractivity contribution in [1.82, 2.24) is 10.2 Å². The van der Waals surface area contributed by atoms with Gasteiger partial charge in [-0.1, -0.05) is 29.8 Å². The number of benzene rings is 2. The number of aryl methyl sites for hydroxylation is 1. The third-order valence-electron chi connectivity index (χ3n) is 5.44. The number of ketones is 1. The van der Waals surface area contributed by atoms with Gasteiger partial charge >= 0.3 is 0 Å². The number of likely N-dealkylation sites (tertiary alicyclic amines) is 1. The van der Waals surface area contributed by atoms with Gasteiger partial charge in [0.25, 0.3) is 5.91 Å². The summed E-state index contributed by atoms with van der Waals surface area (Å²) in [6.07, 6.45) is 1.44. The first kappa shape index (κ1) is 20.7. The Labute approximate surface area is 183 Å². The fourth-order valence-electron chi connectivity index (χ4n) is 3.88. The largest absolute Gasteiger partial charge is 0.292 e. The van der Waals surface area contributed by atoms with Crippen LogP contribution in [0.25, 0.3) is 10.1 Å². The van der Waals surface area contributed by atoms with Crippen LogP contribution in [0.2, 0.25) is 5.02 Å². The predicted octanol–water partition coefficient (Wildman–Crippen LogP) is 4.47. The molecule has 1 N–H and O–H groups in total. The van der Waals surface area contributed by atoms with Crippen LogP contribution in [-0.4, -0.2) is 41.6 Å². The fraction of sp³-hybridized carbons (Fsp3) is 0.261. The van der Waals surface area contributed by atoms with Crippen molar-refractivity contribution in [2.45, 2.75) is 25.8 Å². The van der Waals surface area contributed by atoms with Gasteiger partial charge in [0.15, 0.2) is 5.78 Å². The highest BCUT2D eigenvalue weighted by Gasteiger charge is 2.33. The van der Waals surface area contributed by atoms with E-state index < -0.39 is 11.9 Å². The Bertz CT molecular complexity index is 1130. The number of carbonyl (C=O) groups is 3. The van der Waals surface area contributed by atoms with Crippen molar-refractivity contribution in [1.29, 1.82) is 0 Å². The topological polar surface area (TPSA) is 66.5 Å². The number of imide groups is 1. The Morgan fingerprint density at radius 2 is 1.93 bits per heavy atom. The summed E-state index contributed by atoms with van der Waals surface area (Å²) in [6.45, 7) is 2.73. The molecule has 1 atom stereocenters. The van der Waals surface area contributed by atoms with Gasteiger partial charge in [-0.3, -0.25) is 24.6 Å². The zero-order valence-corrected chi connectivity index (χ0v) is 18.1. The van der Waals surface area contributed by atoms with Gasteiger partial charge in [-0.15, -0.1) is 11.3 Å². The van der Waals surface area contributed by atoms with Crippen LogP contribution in [0.1, 0.15) is 38.4 Å². The Morgan fingerprint density at radius 3 is 2.70 bits per heavy atom.